The highest BCUT2D eigenvalue weighted by Crippen LogP contribution is 2.41. The Morgan fingerprint density at radius 1 is 0.523 bits per heavy atom. The fourth-order valence-electron chi connectivity index (χ4n) is 6.66. The van der Waals surface area contributed by atoms with Crippen LogP contribution in [0.25, 0.3) is 66.5 Å². The molecule has 5 aromatic carbocycles. The maximum Gasteiger partial charge on any atom is 0.167 e. The largest absolute Gasteiger partial charge is 0.455 e. The van der Waals surface area contributed by atoms with Gasteiger partial charge in [0.2, 0.25) is 0 Å². The molecule has 5 nitrogen and oxygen atoms in total. The van der Waals surface area contributed by atoms with E-state index in [1.807, 2.05) is 54.6 Å². The van der Waals surface area contributed by atoms with Crippen LogP contribution >= 0.6 is 0 Å². The molecule has 3 heterocycles. The lowest BCUT2D eigenvalue weighted by molar-refractivity contribution is 0.552. The fourth-order valence-corrected chi connectivity index (χ4v) is 6.66. The highest BCUT2D eigenvalue weighted by molar-refractivity contribution is 6.09. The van der Waals surface area contributed by atoms with Gasteiger partial charge in [0.1, 0.15) is 17.0 Å². The van der Waals surface area contributed by atoms with Crippen molar-refractivity contribution in [2.75, 3.05) is 0 Å². The van der Waals surface area contributed by atoms with E-state index in [9.17, 15) is 0 Å². The van der Waals surface area contributed by atoms with Gasteiger partial charge in [-0.05, 0) is 24.3 Å². The minimum atomic E-state index is -0.127. The number of fused-ring (bicyclic) bond motifs is 6. The first kappa shape index (κ1) is 24.8. The van der Waals surface area contributed by atoms with Crippen molar-refractivity contribution in [2.24, 2.45) is 0 Å². The second kappa shape index (κ2) is 9.89. The summed E-state index contributed by atoms with van der Waals surface area (Å²) in [5, 5.41) is 4.60. The zero-order valence-corrected chi connectivity index (χ0v) is 23.7. The van der Waals surface area contributed by atoms with Gasteiger partial charge in [0.25, 0.3) is 0 Å². The number of allylic oxidation sites excluding steroid dienone is 4. The second-order valence-corrected chi connectivity index (χ2v) is 11.2. The monoisotopic (exact) mass is 566 g/mol. The van der Waals surface area contributed by atoms with E-state index >= 15 is 0 Å². The molecule has 0 radical (unpaired) electrons. The first-order valence-corrected chi connectivity index (χ1v) is 14.9. The Morgan fingerprint density at radius 2 is 1.16 bits per heavy atom. The number of hydrogen-bond donors (Lipinski definition) is 0. The van der Waals surface area contributed by atoms with Crippen molar-refractivity contribution in [1.29, 1.82) is 0 Å². The third-order valence-corrected chi connectivity index (χ3v) is 8.65. The van der Waals surface area contributed by atoms with Gasteiger partial charge < -0.3 is 8.98 Å². The number of furan rings is 1. The molecule has 2 unspecified atom stereocenters. The van der Waals surface area contributed by atoms with Crippen LogP contribution in [0.2, 0.25) is 0 Å². The van der Waals surface area contributed by atoms with Crippen LogP contribution in [0.3, 0.4) is 0 Å². The van der Waals surface area contributed by atoms with Gasteiger partial charge in [-0.2, -0.15) is 0 Å². The molecule has 5 heteroatoms. The smallest absolute Gasteiger partial charge is 0.167 e. The van der Waals surface area contributed by atoms with Gasteiger partial charge in [-0.15, -0.1) is 0 Å². The lowest BCUT2D eigenvalue weighted by Gasteiger charge is -2.27. The predicted molar refractivity (Wildman–Crippen MR) is 177 cm³/mol. The molecule has 0 amide bonds. The average Bonchev–Trinajstić information content (AvgIpc) is 3.64. The zero-order chi connectivity index (χ0) is 29.0. The van der Waals surface area contributed by atoms with Crippen molar-refractivity contribution in [2.45, 2.75) is 12.0 Å². The average molecular weight is 567 g/mol. The maximum absolute atomic E-state index is 6.42. The van der Waals surface area contributed by atoms with E-state index in [1.54, 1.807) is 0 Å². The van der Waals surface area contributed by atoms with Crippen LogP contribution in [0.15, 0.2) is 150 Å². The molecule has 0 spiro atoms. The molecular formula is C39H26N4O. The zero-order valence-electron chi connectivity index (χ0n) is 23.7. The molecule has 2 atom stereocenters. The third-order valence-electron chi connectivity index (χ3n) is 8.65. The summed E-state index contributed by atoms with van der Waals surface area (Å²) in [7, 11) is 0. The number of para-hydroxylation sites is 4. The summed E-state index contributed by atoms with van der Waals surface area (Å²) in [6, 6.07) is 41.7. The highest BCUT2D eigenvalue weighted by atomic mass is 16.3. The Kier molecular flexibility index (Phi) is 5.56. The van der Waals surface area contributed by atoms with Gasteiger partial charge in [0.15, 0.2) is 11.6 Å². The number of nitrogens with zero attached hydrogens (tertiary/aromatic N) is 4. The molecular weight excluding hydrogens is 540 g/mol. The summed E-state index contributed by atoms with van der Waals surface area (Å²) in [6.07, 6.45) is 8.69. The Balaban J connectivity index is 1.28. The molecule has 208 valence electrons. The maximum atomic E-state index is 6.42. The fraction of sp³-hybridized carbons (Fsp3) is 0.0513. The summed E-state index contributed by atoms with van der Waals surface area (Å²) >= 11 is 0. The van der Waals surface area contributed by atoms with Crippen LogP contribution < -0.4 is 0 Å². The first-order chi connectivity index (χ1) is 21.8. The number of rotatable bonds is 4. The molecule has 1 aliphatic rings. The molecule has 44 heavy (non-hydrogen) atoms. The van der Waals surface area contributed by atoms with E-state index in [0.29, 0.717) is 11.6 Å². The summed E-state index contributed by atoms with van der Waals surface area (Å²) in [4.78, 5) is 15.4. The SMILES string of the molecule is C1=CC(c2nc(-c3ccccc3)nc(-c3cccc4c3oc3ccccc34)n2)C(n2c3ccccc3c3ccccc32)C=C1. The molecule has 0 N–H and O–H groups in total. The molecule has 0 bridgehead atoms. The topological polar surface area (TPSA) is 56.7 Å². The van der Waals surface area contributed by atoms with Gasteiger partial charge in [0, 0.05) is 38.1 Å². The first-order valence-electron chi connectivity index (χ1n) is 14.9. The normalized spacial score (nSPS) is 16.5. The minimum Gasteiger partial charge on any atom is -0.455 e. The molecule has 0 saturated carbocycles. The molecule has 0 fully saturated rings. The van der Waals surface area contributed by atoms with Crippen LogP contribution in [0.5, 0.6) is 0 Å². The van der Waals surface area contributed by atoms with Crippen LogP contribution in [0, 0.1) is 0 Å². The van der Waals surface area contributed by atoms with Crippen LogP contribution in [-0.4, -0.2) is 19.5 Å². The molecule has 1 aliphatic carbocycles. The number of benzene rings is 5. The minimum absolute atomic E-state index is 0.0364. The molecule has 0 saturated heterocycles. The molecule has 8 aromatic rings. The lowest BCUT2D eigenvalue weighted by Crippen LogP contribution is -2.19. The predicted octanol–water partition coefficient (Wildman–Crippen LogP) is 9.66. The molecule has 3 aromatic heterocycles. The lowest BCUT2D eigenvalue weighted by atomic mass is 9.93. The van der Waals surface area contributed by atoms with Crippen molar-refractivity contribution >= 4 is 43.7 Å². The van der Waals surface area contributed by atoms with Crippen LogP contribution in [0.4, 0.5) is 0 Å². The Labute approximate surface area is 253 Å². The van der Waals surface area contributed by atoms with Crippen LogP contribution in [-0.2, 0) is 0 Å². The summed E-state index contributed by atoms with van der Waals surface area (Å²) in [5.41, 5.74) is 5.80. The van der Waals surface area contributed by atoms with Crippen LogP contribution in [0.1, 0.15) is 17.8 Å². The standard InChI is InChI=1S/C39H26N4O/c1-2-13-25(14-3-1)37-40-38(42-39(41-37)31-20-12-19-29-28-17-7-11-24-35(28)44-36(29)31)30-18-6-10-23-34(30)43-32-21-8-4-15-26(32)27-16-5-9-22-33(27)43/h1-24,30,34H. The quantitative estimate of drug-likeness (QED) is 0.213. The Bertz CT molecular complexity index is 2360. The van der Waals surface area contributed by atoms with E-state index in [4.69, 9.17) is 19.4 Å². The van der Waals surface area contributed by atoms with Crippen molar-refractivity contribution in [1.82, 2.24) is 19.5 Å². The third kappa shape index (κ3) is 3.83. The van der Waals surface area contributed by atoms with Gasteiger partial charge in [-0.1, -0.05) is 121 Å². The Morgan fingerprint density at radius 3 is 1.95 bits per heavy atom. The number of hydrogen-bond acceptors (Lipinski definition) is 4. The van der Waals surface area contributed by atoms with E-state index < -0.39 is 0 Å². The second-order valence-electron chi connectivity index (χ2n) is 11.2. The van der Waals surface area contributed by atoms with E-state index in [0.717, 1.165) is 38.9 Å². The van der Waals surface area contributed by atoms with Gasteiger partial charge in [0.05, 0.1) is 17.5 Å². The van der Waals surface area contributed by atoms with E-state index in [2.05, 4.69) is 95.6 Å². The van der Waals surface area contributed by atoms with Crippen molar-refractivity contribution in [3.05, 3.63) is 151 Å². The summed E-state index contributed by atoms with van der Waals surface area (Å²) in [6.45, 7) is 0. The number of aromatic nitrogens is 4. The molecule has 0 aliphatic heterocycles. The van der Waals surface area contributed by atoms with Crippen molar-refractivity contribution in [3.8, 4) is 22.8 Å². The summed E-state index contributed by atoms with van der Waals surface area (Å²) < 4.78 is 8.85. The van der Waals surface area contributed by atoms with Gasteiger partial charge >= 0.3 is 0 Å². The summed E-state index contributed by atoms with van der Waals surface area (Å²) in [5.74, 6) is 1.83. The highest BCUT2D eigenvalue weighted by Gasteiger charge is 2.29. The van der Waals surface area contributed by atoms with Gasteiger partial charge in [-0.3, -0.25) is 0 Å². The van der Waals surface area contributed by atoms with Crippen molar-refractivity contribution < 1.29 is 4.42 Å². The van der Waals surface area contributed by atoms with E-state index in [1.165, 1.54) is 21.8 Å². The molecule has 9 rings (SSSR count). The van der Waals surface area contributed by atoms with Gasteiger partial charge in [-0.25, -0.2) is 15.0 Å². The van der Waals surface area contributed by atoms with Crippen molar-refractivity contribution in [3.63, 3.8) is 0 Å². The van der Waals surface area contributed by atoms with E-state index in [-0.39, 0.29) is 12.0 Å². The Hall–Kier alpha value is -5.81.